The molecule has 0 radical (unpaired) electrons. The van der Waals surface area contributed by atoms with Gasteiger partial charge in [0.2, 0.25) is 0 Å². The Balaban J connectivity index is 1.91. The van der Waals surface area contributed by atoms with Gasteiger partial charge in [0.05, 0.1) is 30.9 Å². The monoisotopic (exact) mass is 482 g/mol. The summed E-state index contributed by atoms with van der Waals surface area (Å²) in [6.07, 6.45) is -1.58. The van der Waals surface area contributed by atoms with Crippen LogP contribution in [0.1, 0.15) is 20.7 Å². The van der Waals surface area contributed by atoms with Gasteiger partial charge in [-0.05, 0) is 24.3 Å². The lowest BCUT2D eigenvalue weighted by atomic mass is 9.98. The first kappa shape index (κ1) is 26.3. The van der Waals surface area contributed by atoms with Crippen molar-refractivity contribution in [1.29, 1.82) is 0 Å². The Bertz CT molecular complexity index is 962. The number of rotatable bonds is 12. The molecule has 0 aliphatic carbocycles. The van der Waals surface area contributed by atoms with E-state index in [-0.39, 0.29) is 19.8 Å². The Morgan fingerprint density at radius 3 is 1.89 bits per heavy atom. The lowest BCUT2D eigenvalue weighted by Crippen LogP contribution is -2.62. The summed E-state index contributed by atoms with van der Waals surface area (Å²) in [4.78, 5) is 25.8. The molecule has 3 rings (SSSR count). The first-order chi connectivity index (χ1) is 17.1. The third-order valence-corrected chi connectivity index (χ3v) is 5.25. The third-order valence-electron chi connectivity index (χ3n) is 5.25. The van der Waals surface area contributed by atoms with Crippen LogP contribution in [0.15, 0.2) is 86.0 Å². The summed E-state index contributed by atoms with van der Waals surface area (Å²) in [5.74, 6) is -1.17. The molecule has 0 amide bonds. The number of esters is 2. The molecule has 2 aromatic rings. The van der Waals surface area contributed by atoms with Crippen LogP contribution < -0.4 is 0 Å². The van der Waals surface area contributed by atoms with Gasteiger partial charge >= 0.3 is 11.9 Å². The molecule has 1 fully saturated rings. The first-order valence-electron chi connectivity index (χ1n) is 11.2. The number of hydrogen-bond donors (Lipinski definition) is 0. The lowest BCUT2D eigenvalue weighted by molar-refractivity contribution is -0.299. The maximum Gasteiger partial charge on any atom is 0.338 e. The van der Waals surface area contributed by atoms with E-state index in [9.17, 15) is 9.59 Å². The zero-order valence-corrected chi connectivity index (χ0v) is 19.6. The topological polar surface area (TPSA) is 89.5 Å². The van der Waals surface area contributed by atoms with Crippen molar-refractivity contribution in [2.24, 2.45) is 0 Å². The quantitative estimate of drug-likeness (QED) is 0.258. The van der Waals surface area contributed by atoms with Gasteiger partial charge in [-0.3, -0.25) is 0 Å². The normalized spacial score (nSPS) is 23.7. The van der Waals surface area contributed by atoms with Crippen molar-refractivity contribution in [3.63, 3.8) is 0 Å². The van der Waals surface area contributed by atoms with Crippen molar-refractivity contribution < 1.29 is 38.0 Å². The second-order valence-corrected chi connectivity index (χ2v) is 7.66. The van der Waals surface area contributed by atoms with Gasteiger partial charge in [-0.15, -0.1) is 13.2 Å². The molecule has 0 saturated carbocycles. The van der Waals surface area contributed by atoms with Gasteiger partial charge in [0.25, 0.3) is 0 Å². The number of carbonyl (C=O) groups excluding carboxylic acids is 2. The van der Waals surface area contributed by atoms with E-state index in [0.29, 0.717) is 11.1 Å². The fraction of sp³-hybridized carbons (Fsp3) is 0.333. The van der Waals surface area contributed by atoms with E-state index in [1.165, 1.54) is 7.11 Å². The molecule has 0 aromatic heterocycles. The van der Waals surface area contributed by atoms with E-state index in [1.54, 1.807) is 72.8 Å². The number of ether oxygens (including phenoxy) is 6. The average Bonchev–Trinajstić information content (AvgIpc) is 2.90. The van der Waals surface area contributed by atoms with Crippen molar-refractivity contribution >= 4 is 11.9 Å². The molecule has 1 heterocycles. The third kappa shape index (κ3) is 7.10. The van der Waals surface area contributed by atoms with Crippen LogP contribution >= 0.6 is 0 Å². The number of methoxy groups -OCH3 is 1. The molecule has 0 spiro atoms. The number of hydrogen-bond acceptors (Lipinski definition) is 8. The summed E-state index contributed by atoms with van der Waals surface area (Å²) >= 11 is 0. The van der Waals surface area contributed by atoms with E-state index < -0.39 is 42.6 Å². The molecule has 35 heavy (non-hydrogen) atoms. The Morgan fingerprint density at radius 1 is 0.829 bits per heavy atom. The summed E-state index contributed by atoms with van der Waals surface area (Å²) in [5.41, 5.74) is 0.700. The van der Waals surface area contributed by atoms with Crippen LogP contribution in [0.25, 0.3) is 0 Å². The van der Waals surface area contributed by atoms with Gasteiger partial charge in [0, 0.05) is 7.11 Å². The molecule has 2 aromatic carbocycles. The zero-order chi connectivity index (χ0) is 25.0. The smallest absolute Gasteiger partial charge is 0.338 e. The van der Waals surface area contributed by atoms with Crippen molar-refractivity contribution in [3.8, 4) is 0 Å². The summed E-state index contributed by atoms with van der Waals surface area (Å²) in [7, 11) is 1.43. The van der Waals surface area contributed by atoms with Crippen LogP contribution in [0.5, 0.6) is 0 Å². The largest absolute Gasteiger partial charge is 0.453 e. The molecule has 0 bridgehead atoms. The Morgan fingerprint density at radius 2 is 1.37 bits per heavy atom. The average molecular weight is 483 g/mol. The van der Waals surface area contributed by atoms with Gasteiger partial charge < -0.3 is 28.4 Å². The minimum Gasteiger partial charge on any atom is -0.453 e. The van der Waals surface area contributed by atoms with Crippen molar-refractivity contribution in [2.45, 2.75) is 30.7 Å². The highest BCUT2D eigenvalue weighted by atomic mass is 16.7. The Hall–Kier alpha value is -3.30. The van der Waals surface area contributed by atoms with Crippen LogP contribution in [0.2, 0.25) is 0 Å². The first-order valence-corrected chi connectivity index (χ1v) is 11.2. The molecule has 186 valence electrons. The highest BCUT2D eigenvalue weighted by Crippen LogP contribution is 2.30. The predicted molar refractivity (Wildman–Crippen MR) is 128 cm³/mol. The van der Waals surface area contributed by atoms with Crippen LogP contribution in [0.4, 0.5) is 0 Å². The predicted octanol–water partition coefficient (Wildman–Crippen LogP) is 3.58. The van der Waals surface area contributed by atoms with Crippen molar-refractivity contribution in [3.05, 3.63) is 97.1 Å². The molecule has 0 N–H and O–H groups in total. The van der Waals surface area contributed by atoms with E-state index in [1.807, 2.05) is 0 Å². The van der Waals surface area contributed by atoms with Gasteiger partial charge in [-0.2, -0.15) is 0 Å². The highest BCUT2D eigenvalue weighted by molar-refractivity contribution is 5.90. The van der Waals surface area contributed by atoms with E-state index in [2.05, 4.69) is 13.2 Å². The second kappa shape index (κ2) is 13.6. The number of benzene rings is 2. The fourth-order valence-corrected chi connectivity index (χ4v) is 3.64. The summed E-state index contributed by atoms with van der Waals surface area (Å²) in [6.45, 7) is 7.77. The molecule has 5 atom stereocenters. The molecule has 2 unspecified atom stereocenters. The summed E-state index contributed by atoms with van der Waals surface area (Å²) < 4.78 is 34.8. The van der Waals surface area contributed by atoms with Gasteiger partial charge in [-0.1, -0.05) is 48.6 Å². The Kier molecular flexibility index (Phi) is 10.2. The molecule has 1 aliphatic heterocycles. The summed E-state index contributed by atoms with van der Waals surface area (Å²) in [5, 5.41) is 0. The maximum absolute atomic E-state index is 13.0. The minimum atomic E-state index is -1.04. The van der Waals surface area contributed by atoms with E-state index in [4.69, 9.17) is 28.4 Å². The molecule has 1 aliphatic rings. The molecule has 8 nitrogen and oxygen atoms in total. The molecule has 8 heteroatoms. The molecular formula is C27H30O8. The van der Waals surface area contributed by atoms with Crippen LogP contribution in [0.3, 0.4) is 0 Å². The number of carbonyl (C=O) groups is 2. The SMILES string of the molecule is C=CCOCC1O[C@H](OC)C(OC(=O)c2ccccc2)[C@@H](OCC=C)[C@@H]1OC(=O)c1ccccc1. The van der Waals surface area contributed by atoms with E-state index >= 15 is 0 Å². The minimum absolute atomic E-state index is 0.0614. The maximum atomic E-state index is 13.0. The molecule has 1 saturated heterocycles. The zero-order valence-electron chi connectivity index (χ0n) is 19.6. The van der Waals surface area contributed by atoms with Crippen LogP contribution in [-0.4, -0.2) is 69.6 Å². The van der Waals surface area contributed by atoms with Gasteiger partial charge in [-0.25, -0.2) is 9.59 Å². The van der Waals surface area contributed by atoms with Gasteiger partial charge in [0.15, 0.2) is 18.5 Å². The van der Waals surface area contributed by atoms with Gasteiger partial charge in [0.1, 0.15) is 12.2 Å². The van der Waals surface area contributed by atoms with Crippen molar-refractivity contribution in [1.82, 2.24) is 0 Å². The van der Waals surface area contributed by atoms with Crippen molar-refractivity contribution in [2.75, 3.05) is 26.9 Å². The fourth-order valence-electron chi connectivity index (χ4n) is 3.64. The summed E-state index contributed by atoms with van der Waals surface area (Å²) in [6, 6.07) is 17.0. The van der Waals surface area contributed by atoms with Crippen LogP contribution in [-0.2, 0) is 28.4 Å². The van der Waals surface area contributed by atoms with E-state index in [0.717, 1.165) is 0 Å². The standard InChI is InChI=1S/C27H30O8/c1-4-16-31-18-21-22(34-25(28)19-12-8-6-9-13-19)23(32-17-5-2)24(27(30-3)33-21)35-26(29)20-14-10-7-11-15-20/h4-15,21-24,27H,1-2,16-18H2,3H3/t21?,22-,23+,24?,27+/m1/s1. The van der Waals surface area contributed by atoms with Crippen LogP contribution in [0, 0.1) is 0 Å². The molecular weight excluding hydrogens is 452 g/mol. The highest BCUT2D eigenvalue weighted by Gasteiger charge is 2.51. The lowest BCUT2D eigenvalue weighted by Gasteiger charge is -2.44. The Labute approximate surface area is 205 Å². The second-order valence-electron chi connectivity index (χ2n) is 7.66.